The molecule has 0 bridgehead atoms. The molecule has 0 aliphatic rings. The van der Waals surface area contributed by atoms with Crippen LogP contribution < -0.4 is 14.9 Å². The van der Waals surface area contributed by atoms with E-state index in [2.05, 4.69) is 36.7 Å². The van der Waals surface area contributed by atoms with Crippen molar-refractivity contribution in [3.63, 3.8) is 0 Å². The topological polar surface area (TPSA) is 90.6 Å². The Hall–Kier alpha value is -3.89. The lowest BCUT2D eigenvalue weighted by Crippen LogP contribution is -2.19. The summed E-state index contributed by atoms with van der Waals surface area (Å²) in [7, 11) is 3.17. The fourth-order valence-electron chi connectivity index (χ4n) is 3.41. The number of aromatic nitrogens is 3. The van der Waals surface area contributed by atoms with E-state index in [4.69, 9.17) is 9.47 Å². The highest BCUT2D eigenvalue weighted by Gasteiger charge is 2.18. The molecular formula is C27H24BrN5O3S. The lowest BCUT2D eigenvalue weighted by atomic mass is 10.2. The molecule has 10 heteroatoms. The lowest BCUT2D eigenvalue weighted by molar-refractivity contribution is -0.118. The second kappa shape index (κ2) is 12.9. The van der Waals surface area contributed by atoms with Crippen molar-refractivity contribution in [3.8, 4) is 28.6 Å². The van der Waals surface area contributed by atoms with Crippen molar-refractivity contribution < 1.29 is 14.3 Å². The van der Waals surface area contributed by atoms with Gasteiger partial charge in [-0.25, -0.2) is 5.43 Å². The largest absolute Gasteiger partial charge is 0.493 e. The molecule has 8 nitrogen and oxygen atoms in total. The molecule has 1 heterocycles. The standard InChI is InChI=1S/C27H24BrN5O3S/c1-35-23-14-13-20(16-24(23)36-2)26-31-32-27(33(26)22-11-7-4-8-12-22)37-18-25(34)30-29-17-21(28)15-19-9-5-3-6-10-19/h3-17H,18H2,1-2H3,(H,30,34)/b21-15-,29-17+. The minimum Gasteiger partial charge on any atom is -0.493 e. The molecule has 1 amide bonds. The predicted molar refractivity (Wildman–Crippen MR) is 151 cm³/mol. The third-order valence-electron chi connectivity index (χ3n) is 5.10. The van der Waals surface area contributed by atoms with Gasteiger partial charge in [-0.05, 0) is 57.9 Å². The highest BCUT2D eigenvalue weighted by atomic mass is 79.9. The van der Waals surface area contributed by atoms with E-state index in [9.17, 15) is 4.79 Å². The fraction of sp³-hybridized carbons (Fsp3) is 0.111. The van der Waals surface area contributed by atoms with Crippen LogP contribution in [0.15, 0.2) is 93.6 Å². The maximum absolute atomic E-state index is 12.5. The van der Waals surface area contributed by atoms with Gasteiger partial charge in [0.15, 0.2) is 22.5 Å². The number of carbonyl (C=O) groups excluding carboxylic acids is 1. The highest BCUT2D eigenvalue weighted by Crippen LogP contribution is 2.34. The molecule has 0 saturated heterocycles. The van der Waals surface area contributed by atoms with E-state index < -0.39 is 0 Å². The number of thioether (sulfide) groups is 1. The first-order valence-electron chi connectivity index (χ1n) is 11.2. The second-order valence-corrected chi connectivity index (χ2v) is 9.43. The van der Waals surface area contributed by atoms with Gasteiger partial charge in [0.2, 0.25) is 0 Å². The van der Waals surface area contributed by atoms with Crippen molar-refractivity contribution in [2.24, 2.45) is 5.10 Å². The number of nitrogens with zero attached hydrogens (tertiary/aromatic N) is 4. The molecule has 0 unspecified atom stereocenters. The zero-order valence-corrected chi connectivity index (χ0v) is 22.6. The zero-order valence-electron chi connectivity index (χ0n) is 20.2. The molecule has 37 heavy (non-hydrogen) atoms. The average Bonchev–Trinajstić information content (AvgIpc) is 3.36. The molecule has 0 atom stereocenters. The second-order valence-electron chi connectivity index (χ2n) is 7.57. The molecular weight excluding hydrogens is 554 g/mol. The highest BCUT2D eigenvalue weighted by molar-refractivity contribution is 9.12. The first-order valence-corrected chi connectivity index (χ1v) is 13.0. The number of amides is 1. The SMILES string of the molecule is COc1ccc(-c2nnc(SCC(=O)N/N=C/C(Br)=C/c3ccccc3)n2-c2ccccc2)cc1OC. The summed E-state index contributed by atoms with van der Waals surface area (Å²) in [6, 6.07) is 25.1. The van der Waals surface area contributed by atoms with E-state index in [1.54, 1.807) is 14.2 Å². The van der Waals surface area contributed by atoms with Crippen LogP contribution in [0.3, 0.4) is 0 Å². The number of benzene rings is 3. The number of hydrogen-bond acceptors (Lipinski definition) is 7. The first kappa shape index (κ1) is 26.2. The van der Waals surface area contributed by atoms with Gasteiger partial charge >= 0.3 is 0 Å². The van der Waals surface area contributed by atoms with Gasteiger partial charge in [0.05, 0.1) is 26.2 Å². The van der Waals surface area contributed by atoms with Crippen LogP contribution in [0.4, 0.5) is 0 Å². The van der Waals surface area contributed by atoms with Crippen LogP contribution in [0.1, 0.15) is 5.56 Å². The zero-order chi connectivity index (χ0) is 26.0. The Bertz CT molecular complexity index is 1410. The van der Waals surface area contributed by atoms with Crippen LogP contribution in [-0.4, -0.2) is 46.9 Å². The van der Waals surface area contributed by atoms with Gasteiger partial charge in [-0.2, -0.15) is 5.10 Å². The van der Waals surface area contributed by atoms with Crippen LogP contribution in [0.5, 0.6) is 11.5 Å². The van der Waals surface area contributed by atoms with Crippen molar-refractivity contribution in [2.45, 2.75) is 5.16 Å². The summed E-state index contributed by atoms with van der Waals surface area (Å²) >= 11 is 4.70. The molecule has 0 saturated carbocycles. The fourth-order valence-corrected chi connectivity index (χ4v) is 4.52. The van der Waals surface area contributed by atoms with E-state index in [0.717, 1.165) is 21.3 Å². The van der Waals surface area contributed by atoms with Crippen LogP contribution in [0.2, 0.25) is 0 Å². The number of carbonyl (C=O) groups is 1. The van der Waals surface area contributed by atoms with Crippen LogP contribution in [0, 0.1) is 0 Å². The third-order valence-corrected chi connectivity index (χ3v) is 6.47. The van der Waals surface area contributed by atoms with Crippen molar-refractivity contribution in [3.05, 3.63) is 88.9 Å². The predicted octanol–water partition coefficient (Wildman–Crippen LogP) is 5.58. The van der Waals surface area contributed by atoms with Gasteiger partial charge in [-0.1, -0.05) is 60.3 Å². The monoisotopic (exact) mass is 577 g/mol. The number of allylic oxidation sites excluding steroid dienone is 1. The number of ether oxygens (including phenoxy) is 2. The molecule has 0 spiro atoms. The van der Waals surface area contributed by atoms with Gasteiger partial charge in [-0.15, -0.1) is 10.2 Å². The molecule has 4 rings (SSSR count). The van der Waals surface area contributed by atoms with Gasteiger partial charge in [-0.3, -0.25) is 9.36 Å². The Morgan fingerprint density at radius 2 is 1.70 bits per heavy atom. The maximum atomic E-state index is 12.5. The summed E-state index contributed by atoms with van der Waals surface area (Å²) in [5, 5.41) is 13.4. The van der Waals surface area contributed by atoms with Gasteiger partial charge in [0.1, 0.15) is 0 Å². The number of hydrazone groups is 1. The first-order chi connectivity index (χ1) is 18.1. The number of methoxy groups -OCH3 is 2. The maximum Gasteiger partial charge on any atom is 0.250 e. The quantitative estimate of drug-likeness (QED) is 0.150. The summed E-state index contributed by atoms with van der Waals surface area (Å²) in [5.74, 6) is 1.66. The molecule has 0 fully saturated rings. The van der Waals surface area contributed by atoms with Crippen molar-refractivity contribution in [2.75, 3.05) is 20.0 Å². The van der Waals surface area contributed by atoms with E-state index >= 15 is 0 Å². The minimum absolute atomic E-state index is 0.105. The summed E-state index contributed by atoms with van der Waals surface area (Å²) in [5.41, 5.74) is 5.23. The smallest absolute Gasteiger partial charge is 0.250 e. The van der Waals surface area contributed by atoms with Crippen molar-refractivity contribution in [1.29, 1.82) is 0 Å². The number of nitrogens with one attached hydrogen (secondary N) is 1. The van der Waals surface area contributed by atoms with E-state index in [-0.39, 0.29) is 11.7 Å². The Balaban J connectivity index is 1.50. The Kier molecular flexibility index (Phi) is 9.12. The van der Waals surface area contributed by atoms with Gasteiger partial charge < -0.3 is 9.47 Å². The molecule has 0 aliphatic carbocycles. The van der Waals surface area contributed by atoms with Crippen LogP contribution >= 0.6 is 27.7 Å². The minimum atomic E-state index is -0.267. The molecule has 0 radical (unpaired) electrons. The van der Waals surface area contributed by atoms with Crippen LogP contribution in [0.25, 0.3) is 23.2 Å². The number of rotatable bonds is 10. The van der Waals surface area contributed by atoms with Crippen molar-refractivity contribution in [1.82, 2.24) is 20.2 Å². The molecule has 1 N–H and O–H groups in total. The molecule has 188 valence electrons. The summed E-state index contributed by atoms with van der Waals surface area (Å²) in [6.07, 6.45) is 3.44. The number of para-hydroxylation sites is 1. The van der Waals surface area contributed by atoms with Gasteiger partial charge in [0, 0.05) is 15.7 Å². The molecule has 3 aromatic carbocycles. The van der Waals surface area contributed by atoms with E-state index in [1.807, 2.05) is 89.5 Å². The third kappa shape index (κ3) is 6.87. The summed E-state index contributed by atoms with van der Waals surface area (Å²) in [6.45, 7) is 0. The lowest BCUT2D eigenvalue weighted by Gasteiger charge is -2.12. The number of hydrogen-bond donors (Lipinski definition) is 1. The molecule has 0 aliphatic heterocycles. The van der Waals surface area contributed by atoms with E-state index in [0.29, 0.717) is 22.5 Å². The van der Waals surface area contributed by atoms with Gasteiger partial charge in [0.25, 0.3) is 5.91 Å². The van der Waals surface area contributed by atoms with E-state index in [1.165, 1.54) is 18.0 Å². The summed E-state index contributed by atoms with van der Waals surface area (Å²) < 4.78 is 13.4. The Morgan fingerprint density at radius 3 is 2.41 bits per heavy atom. The molecule has 1 aromatic heterocycles. The molecule has 4 aromatic rings. The normalized spacial score (nSPS) is 11.5. The van der Waals surface area contributed by atoms with Crippen molar-refractivity contribution >= 4 is 45.9 Å². The van der Waals surface area contributed by atoms with Crippen LogP contribution in [-0.2, 0) is 4.79 Å². The Morgan fingerprint density at radius 1 is 1.00 bits per heavy atom. The number of halogens is 1. The summed E-state index contributed by atoms with van der Waals surface area (Å²) in [4.78, 5) is 12.5. The Labute approximate surface area is 227 Å². The average molecular weight is 578 g/mol.